The highest BCUT2D eigenvalue weighted by Crippen LogP contribution is 2.44. The maximum atomic E-state index is 13.2. The van der Waals surface area contributed by atoms with Crippen molar-refractivity contribution >= 4 is 0 Å². The summed E-state index contributed by atoms with van der Waals surface area (Å²) in [6, 6.07) is 0.781. The molecule has 0 fully saturated rings. The molecule has 0 spiro atoms. The number of hydrogen-bond donors (Lipinski definition) is 1. The fourth-order valence-corrected chi connectivity index (χ4v) is 1.54. The van der Waals surface area contributed by atoms with E-state index in [9.17, 15) is 22.0 Å². The lowest BCUT2D eigenvalue weighted by atomic mass is 10.0. The van der Waals surface area contributed by atoms with Crippen molar-refractivity contribution in [2.24, 2.45) is 5.73 Å². The number of benzene rings is 1. The molecule has 0 saturated carbocycles. The zero-order valence-corrected chi connectivity index (χ0v) is 10.8. The molecule has 1 atom stereocenters. The summed E-state index contributed by atoms with van der Waals surface area (Å²) in [5.74, 6) is -4.76. The smallest absolute Gasteiger partial charge is 0.455 e. The highest BCUT2D eigenvalue weighted by molar-refractivity contribution is 5.44. The van der Waals surface area contributed by atoms with Gasteiger partial charge in [-0.3, -0.25) is 0 Å². The first kappa shape index (κ1) is 16.5. The van der Waals surface area contributed by atoms with E-state index in [1.165, 1.54) is 13.2 Å². The summed E-state index contributed by atoms with van der Waals surface area (Å²) in [7, 11) is 1.25. The zero-order valence-electron chi connectivity index (χ0n) is 10.8. The van der Waals surface area contributed by atoms with Crippen molar-refractivity contribution in [3.63, 3.8) is 0 Å². The zero-order chi connectivity index (χ0) is 15.6. The molecule has 0 aliphatic rings. The fourth-order valence-electron chi connectivity index (χ4n) is 1.54. The Morgan fingerprint density at radius 3 is 2.20 bits per heavy atom. The molecule has 0 aliphatic carbocycles. The van der Waals surface area contributed by atoms with E-state index < -0.39 is 23.7 Å². The molecule has 0 bridgehead atoms. The van der Waals surface area contributed by atoms with Crippen LogP contribution in [-0.4, -0.2) is 25.8 Å². The van der Waals surface area contributed by atoms with Crippen molar-refractivity contribution in [1.82, 2.24) is 0 Å². The van der Waals surface area contributed by atoms with Gasteiger partial charge in [-0.15, -0.1) is 0 Å². The quantitative estimate of drug-likeness (QED) is 0.849. The van der Waals surface area contributed by atoms with Crippen molar-refractivity contribution in [2.75, 3.05) is 13.7 Å². The summed E-state index contributed by atoms with van der Waals surface area (Å²) in [6.07, 6.45) is -5.72. The number of nitrogens with two attached hydrogens (primary N) is 1. The van der Waals surface area contributed by atoms with Gasteiger partial charge in [0.2, 0.25) is 0 Å². The van der Waals surface area contributed by atoms with Crippen LogP contribution in [0.15, 0.2) is 18.2 Å². The molecule has 0 unspecified atom stereocenters. The largest absolute Gasteiger partial charge is 0.493 e. The predicted octanol–water partition coefficient (Wildman–Crippen LogP) is 3.29. The summed E-state index contributed by atoms with van der Waals surface area (Å²) in [6.45, 7) is 1.98. The Morgan fingerprint density at radius 2 is 1.75 bits per heavy atom. The first-order valence-corrected chi connectivity index (χ1v) is 5.66. The van der Waals surface area contributed by atoms with Crippen molar-refractivity contribution in [3.05, 3.63) is 23.8 Å². The van der Waals surface area contributed by atoms with E-state index in [4.69, 9.17) is 15.2 Å². The molecule has 0 heterocycles. The highest BCUT2D eigenvalue weighted by Gasteiger charge is 2.61. The number of rotatable bonds is 5. The van der Waals surface area contributed by atoms with Crippen LogP contribution in [0.25, 0.3) is 0 Å². The van der Waals surface area contributed by atoms with Crippen molar-refractivity contribution in [1.29, 1.82) is 0 Å². The van der Waals surface area contributed by atoms with Gasteiger partial charge in [-0.05, 0) is 24.6 Å². The second kappa shape index (κ2) is 5.82. The van der Waals surface area contributed by atoms with Crippen LogP contribution in [0, 0.1) is 0 Å². The summed E-state index contributed by atoms with van der Waals surface area (Å²) in [5.41, 5.74) is 4.64. The Morgan fingerprint density at radius 1 is 1.15 bits per heavy atom. The molecule has 1 aromatic rings. The van der Waals surface area contributed by atoms with E-state index >= 15 is 0 Å². The molecular weight excluding hydrogens is 285 g/mol. The normalized spacial score (nSPS) is 14.0. The molecule has 3 nitrogen and oxygen atoms in total. The number of ether oxygens (including phenoxy) is 2. The Balaban J connectivity index is 3.14. The van der Waals surface area contributed by atoms with E-state index in [1.807, 2.05) is 0 Å². The van der Waals surface area contributed by atoms with Gasteiger partial charge in [-0.1, -0.05) is 6.07 Å². The molecule has 0 radical (unpaired) electrons. The van der Waals surface area contributed by atoms with Gasteiger partial charge >= 0.3 is 12.1 Å². The molecule has 114 valence electrons. The molecular formula is C12H14F5NO2. The summed E-state index contributed by atoms with van der Waals surface area (Å²) < 4.78 is 73.2. The van der Waals surface area contributed by atoms with Crippen molar-refractivity contribution < 1.29 is 31.4 Å². The molecule has 0 aliphatic heterocycles. The number of halogens is 5. The van der Waals surface area contributed by atoms with E-state index in [0.717, 1.165) is 12.1 Å². The lowest BCUT2D eigenvalue weighted by Crippen LogP contribution is -2.45. The minimum absolute atomic E-state index is 0.0396. The lowest BCUT2D eigenvalue weighted by molar-refractivity contribution is -0.291. The van der Waals surface area contributed by atoms with Crippen LogP contribution < -0.4 is 15.2 Å². The Hall–Kier alpha value is -1.57. The monoisotopic (exact) mass is 299 g/mol. The molecule has 0 saturated heterocycles. The first-order valence-electron chi connectivity index (χ1n) is 5.66. The van der Waals surface area contributed by atoms with Gasteiger partial charge in [0.15, 0.2) is 11.5 Å². The van der Waals surface area contributed by atoms with Gasteiger partial charge in [-0.25, -0.2) is 0 Å². The van der Waals surface area contributed by atoms with Gasteiger partial charge in [0.05, 0.1) is 13.7 Å². The van der Waals surface area contributed by atoms with E-state index in [-0.39, 0.29) is 11.5 Å². The Bertz CT molecular complexity index is 462. The summed E-state index contributed by atoms with van der Waals surface area (Å²) in [5, 5.41) is 0. The molecule has 0 amide bonds. The first-order chi connectivity index (χ1) is 9.15. The number of hydrogen-bond acceptors (Lipinski definition) is 3. The van der Waals surface area contributed by atoms with E-state index in [0.29, 0.717) is 6.61 Å². The Kier molecular flexibility index (Phi) is 4.80. The maximum Gasteiger partial charge on any atom is 0.455 e. The summed E-state index contributed by atoms with van der Waals surface area (Å²) in [4.78, 5) is 0. The van der Waals surface area contributed by atoms with Gasteiger partial charge in [-0.2, -0.15) is 22.0 Å². The van der Waals surface area contributed by atoms with Crippen LogP contribution in [-0.2, 0) is 0 Å². The molecule has 0 aromatic heterocycles. The number of methoxy groups -OCH3 is 1. The average Bonchev–Trinajstić information content (AvgIpc) is 2.37. The minimum atomic E-state index is -5.72. The molecule has 2 N–H and O–H groups in total. The average molecular weight is 299 g/mol. The van der Waals surface area contributed by atoms with Crippen molar-refractivity contribution in [2.45, 2.75) is 25.1 Å². The lowest BCUT2D eigenvalue weighted by Gasteiger charge is -2.26. The standard InChI is InChI=1S/C12H14F5NO2/c1-3-20-8-5-4-7(6-9(8)19-2)10(18)11(13,14)12(15,16)17/h4-6,10H,3,18H2,1-2H3/t10-/m1/s1. The summed E-state index contributed by atoms with van der Waals surface area (Å²) >= 11 is 0. The SMILES string of the molecule is CCOc1ccc([C@@H](N)C(F)(F)C(F)(F)F)cc1OC. The van der Waals surface area contributed by atoms with Gasteiger partial charge in [0.1, 0.15) is 6.04 Å². The molecule has 8 heteroatoms. The topological polar surface area (TPSA) is 44.5 Å². The predicted molar refractivity (Wildman–Crippen MR) is 62.1 cm³/mol. The minimum Gasteiger partial charge on any atom is -0.493 e. The van der Waals surface area contributed by atoms with Crippen LogP contribution in [0.4, 0.5) is 22.0 Å². The second-order valence-corrected chi connectivity index (χ2v) is 3.94. The van der Waals surface area contributed by atoms with Gasteiger partial charge in [0, 0.05) is 0 Å². The molecule has 20 heavy (non-hydrogen) atoms. The van der Waals surface area contributed by atoms with Crippen LogP contribution in [0.3, 0.4) is 0 Å². The van der Waals surface area contributed by atoms with Crippen LogP contribution in [0.5, 0.6) is 11.5 Å². The van der Waals surface area contributed by atoms with Gasteiger partial charge in [0.25, 0.3) is 0 Å². The maximum absolute atomic E-state index is 13.2. The highest BCUT2D eigenvalue weighted by atomic mass is 19.4. The number of alkyl halides is 5. The fraction of sp³-hybridized carbons (Fsp3) is 0.500. The third kappa shape index (κ3) is 3.12. The van der Waals surface area contributed by atoms with E-state index in [1.54, 1.807) is 6.92 Å². The van der Waals surface area contributed by atoms with Gasteiger partial charge < -0.3 is 15.2 Å². The molecule has 1 aromatic carbocycles. The van der Waals surface area contributed by atoms with Crippen LogP contribution in [0.1, 0.15) is 18.5 Å². The third-order valence-corrected chi connectivity index (χ3v) is 2.62. The van der Waals surface area contributed by atoms with Crippen molar-refractivity contribution in [3.8, 4) is 11.5 Å². The second-order valence-electron chi connectivity index (χ2n) is 3.94. The van der Waals surface area contributed by atoms with Crippen LogP contribution >= 0.6 is 0 Å². The molecule has 1 rings (SSSR count). The Labute approximate surface area is 112 Å². The van der Waals surface area contributed by atoms with E-state index in [2.05, 4.69) is 0 Å². The van der Waals surface area contributed by atoms with Crippen LogP contribution in [0.2, 0.25) is 0 Å². The third-order valence-electron chi connectivity index (χ3n) is 2.62.